The zero-order valence-electron chi connectivity index (χ0n) is 16.1. The number of piperidine rings is 1. The third kappa shape index (κ3) is 4.76. The lowest BCUT2D eigenvalue weighted by atomic mass is 9.92. The molecule has 0 bridgehead atoms. The molecule has 1 saturated carbocycles. The molecule has 2 aliphatic rings. The first-order chi connectivity index (χ1) is 13.7. The van der Waals surface area contributed by atoms with Crippen molar-refractivity contribution in [3.05, 3.63) is 35.9 Å². The number of benzene rings is 1. The number of rotatable bonds is 5. The van der Waals surface area contributed by atoms with Gasteiger partial charge in [0.15, 0.2) is 5.82 Å². The molecule has 1 aromatic carbocycles. The number of nitrogens with one attached hydrogen (secondary N) is 1. The largest absolute Gasteiger partial charge is 0.353 e. The van der Waals surface area contributed by atoms with Crippen LogP contribution in [0, 0.1) is 11.7 Å². The van der Waals surface area contributed by atoms with Crippen LogP contribution >= 0.6 is 0 Å². The van der Waals surface area contributed by atoms with Crippen LogP contribution in [0.15, 0.2) is 28.8 Å². The minimum Gasteiger partial charge on any atom is -0.353 e. The summed E-state index contributed by atoms with van der Waals surface area (Å²) in [5.41, 5.74) is 0.707. The maximum absolute atomic E-state index is 13.0. The van der Waals surface area contributed by atoms with Gasteiger partial charge in [-0.2, -0.15) is 4.98 Å². The Labute approximate surface area is 164 Å². The summed E-state index contributed by atoms with van der Waals surface area (Å²) in [7, 11) is 0. The van der Waals surface area contributed by atoms with E-state index in [0.717, 1.165) is 38.8 Å². The minimum absolute atomic E-state index is 0.109. The van der Waals surface area contributed by atoms with Crippen molar-refractivity contribution in [2.75, 3.05) is 13.1 Å². The summed E-state index contributed by atoms with van der Waals surface area (Å²) in [4.78, 5) is 19.2. The number of nitrogens with zero attached hydrogens (tertiary/aromatic N) is 3. The summed E-state index contributed by atoms with van der Waals surface area (Å²) in [6, 6.07) is 6.39. The molecule has 28 heavy (non-hydrogen) atoms. The highest BCUT2D eigenvalue weighted by Gasteiger charge is 2.27. The Kier molecular flexibility index (Phi) is 6.00. The molecular weight excluding hydrogens is 359 g/mol. The summed E-state index contributed by atoms with van der Waals surface area (Å²) in [6.07, 6.45) is 7.73. The van der Waals surface area contributed by atoms with Gasteiger partial charge in [-0.25, -0.2) is 4.39 Å². The normalized spacial score (nSPS) is 19.6. The van der Waals surface area contributed by atoms with E-state index in [9.17, 15) is 9.18 Å². The van der Waals surface area contributed by atoms with E-state index in [1.165, 1.54) is 31.4 Å². The second kappa shape index (κ2) is 8.82. The third-order valence-corrected chi connectivity index (χ3v) is 5.83. The minimum atomic E-state index is -0.293. The van der Waals surface area contributed by atoms with Crippen molar-refractivity contribution in [1.29, 1.82) is 0 Å². The molecule has 0 atom stereocenters. The molecular formula is C21H27FN4O2. The lowest BCUT2D eigenvalue weighted by molar-refractivity contribution is -0.127. The molecule has 6 nitrogen and oxygen atoms in total. The molecule has 2 fully saturated rings. The third-order valence-electron chi connectivity index (χ3n) is 5.83. The van der Waals surface area contributed by atoms with Crippen molar-refractivity contribution in [3.8, 4) is 11.5 Å². The fourth-order valence-corrected chi connectivity index (χ4v) is 4.15. The van der Waals surface area contributed by atoms with Crippen molar-refractivity contribution in [2.24, 2.45) is 5.92 Å². The number of amides is 1. The first kappa shape index (κ1) is 19.1. The Hall–Kier alpha value is -2.28. The molecule has 1 aromatic heterocycles. The fraction of sp³-hybridized carbons (Fsp3) is 0.571. The van der Waals surface area contributed by atoms with E-state index in [1.54, 1.807) is 12.1 Å². The molecule has 7 heteroatoms. The Bertz CT molecular complexity index is 778. The lowest BCUT2D eigenvalue weighted by Gasteiger charge is -2.32. The van der Waals surface area contributed by atoms with Crippen LogP contribution in [0.5, 0.6) is 0 Å². The SMILES string of the molecule is O=C(NC1CCCCC1)C1CCN(Cc2noc(-c3ccc(F)cc3)n2)CC1. The maximum atomic E-state index is 13.0. The molecule has 4 rings (SSSR count). The van der Waals surface area contributed by atoms with E-state index in [0.29, 0.717) is 29.9 Å². The molecule has 1 aliphatic carbocycles. The number of carbonyl (C=O) groups is 1. The molecule has 2 aromatic rings. The Morgan fingerprint density at radius 3 is 2.54 bits per heavy atom. The van der Waals surface area contributed by atoms with Crippen molar-refractivity contribution in [2.45, 2.75) is 57.5 Å². The van der Waals surface area contributed by atoms with Gasteiger partial charge in [0.05, 0.1) is 6.54 Å². The molecule has 2 heterocycles. The van der Waals surface area contributed by atoms with Crippen LogP contribution in [0.2, 0.25) is 0 Å². The van der Waals surface area contributed by atoms with E-state index < -0.39 is 0 Å². The number of likely N-dealkylation sites (tertiary alicyclic amines) is 1. The number of carbonyl (C=O) groups excluding carboxylic acids is 1. The quantitative estimate of drug-likeness (QED) is 0.851. The highest BCUT2D eigenvalue weighted by atomic mass is 19.1. The summed E-state index contributed by atoms with van der Waals surface area (Å²) in [5, 5.41) is 7.29. The smallest absolute Gasteiger partial charge is 0.257 e. The number of aromatic nitrogens is 2. The molecule has 1 N–H and O–H groups in total. The Morgan fingerprint density at radius 2 is 1.82 bits per heavy atom. The average Bonchev–Trinajstić information content (AvgIpc) is 3.18. The molecule has 0 radical (unpaired) electrons. The average molecular weight is 386 g/mol. The van der Waals surface area contributed by atoms with Gasteiger partial charge in [0.1, 0.15) is 5.82 Å². The highest BCUT2D eigenvalue weighted by Crippen LogP contribution is 2.23. The Morgan fingerprint density at radius 1 is 1.11 bits per heavy atom. The van der Waals surface area contributed by atoms with Crippen LogP contribution < -0.4 is 5.32 Å². The number of hydrogen-bond donors (Lipinski definition) is 1. The number of halogens is 1. The second-order valence-electron chi connectivity index (χ2n) is 7.92. The summed E-state index contributed by atoms with van der Waals surface area (Å²) >= 11 is 0. The zero-order chi connectivity index (χ0) is 19.3. The van der Waals surface area contributed by atoms with Gasteiger partial charge in [-0.15, -0.1) is 0 Å². The van der Waals surface area contributed by atoms with Crippen LogP contribution in [0.1, 0.15) is 50.8 Å². The fourth-order valence-electron chi connectivity index (χ4n) is 4.15. The molecule has 150 valence electrons. The van der Waals surface area contributed by atoms with Gasteiger partial charge < -0.3 is 9.84 Å². The van der Waals surface area contributed by atoms with Crippen LogP contribution in [0.4, 0.5) is 4.39 Å². The van der Waals surface area contributed by atoms with Crippen LogP contribution in [0.3, 0.4) is 0 Å². The van der Waals surface area contributed by atoms with Crippen LogP contribution in [0.25, 0.3) is 11.5 Å². The number of hydrogen-bond acceptors (Lipinski definition) is 5. The van der Waals surface area contributed by atoms with Gasteiger partial charge >= 0.3 is 0 Å². The highest BCUT2D eigenvalue weighted by molar-refractivity contribution is 5.79. The molecule has 0 spiro atoms. The van der Waals surface area contributed by atoms with E-state index >= 15 is 0 Å². The molecule has 0 unspecified atom stereocenters. The van der Waals surface area contributed by atoms with Gasteiger partial charge in [0.2, 0.25) is 5.91 Å². The van der Waals surface area contributed by atoms with E-state index in [-0.39, 0.29) is 17.6 Å². The van der Waals surface area contributed by atoms with Gasteiger partial charge in [0, 0.05) is 17.5 Å². The molecule has 1 aliphatic heterocycles. The standard InChI is InChI=1S/C21H27FN4O2/c22-17-8-6-16(7-9-17)21-24-19(25-28-21)14-26-12-10-15(11-13-26)20(27)23-18-4-2-1-3-5-18/h6-9,15,18H,1-5,10-14H2,(H,23,27). The van der Waals surface area contributed by atoms with Gasteiger partial charge in [0.25, 0.3) is 5.89 Å². The maximum Gasteiger partial charge on any atom is 0.257 e. The van der Waals surface area contributed by atoms with Gasteiger partial charge in [-0.3, -0.25) is 9.69 Å². The summed E-state index contributed by atoms with van der Waals surface area (Å²) in [6.45, 7) is 2.30. The van der Waals surface area contributed by atoms with Crippen molar-refractivity contribution < 1.29 is 13.7 Å². The van der Waals surface area contributed by atoms with Crippen molar-refractivity contribution in [1.82, 2.24) is 20.4 Å². The summed E-state index contributed by atoms with van der Waals surface area (Å²) in [5.74, 6) is 1.06. The monoisotopic (exact) mass is 386 g/mol. The van der Waals surface area contributed by atoms with Crippen LogP contribution in [-0.4, -0.2) is 40.1 Å². The molecule has 1 saturated heterocycles. The predicted molar refractivity (Wildman–Crippen MR) is 103 cm³/mol. The van der Waals surface area contributed by atoms with Gasteiger partial charge in [-0.05, 0) is 63.0 Å². The van der Waals surface area contributed by atoms with E-state index in [2.05, 4.69) is 20.4 Å². The first-order valence-electron chi connectivity index (χ1n) is 10.3. The summed E-state index contributed by atoms with van der Waals surface area (Å²) < 4.78 is 18.3. The Balaban J connectivity index is 1.25. The van der Waals surface area contributed by atoms with Crippen molar-refractivity contribution in [3.63, 3.8) is 0 Å². The van der Waals surface area contributed by atoms with Crippen LogP contribution in [-0.2, 0) is 11.3 Å². The first-order valence-corrected chi connectivity index (χ1v) is 10.3. The topological polar surface area (TPSA) is 71.3 Å². The zero-order valence-corrected chi connectivity index (χ0v) is 16.1. The predicted octanol–water partition coefficient (Wildman–Crippen LogP) is 3.54. The second-order valence-corrected chi connectivity index (χ2v) is 7.92. The van der Waals surface area contributed by atoms with E-state index in [1.807, 2.05) is 0 Å². The lowest BCUT2D eigenvalue weighted by Crippen LogP contribution is -2.44. The van der Waals surface area contributed by atoms with Crippen molar-refractivity contribution >= 4 is 5.91 Å². The van der Waals surface area contributed by atoms with E-state index in [4.69, 9.17) is 4.52 Å². The molecule has 1 amide bonds. The van der Waals surface area contributed by atoms with Gasteiger partial charge in [-0.1, -0.05) is 24.4 Å².